The summed E-state index contributed by atoms with van der Waals surface area (Å²) in [6.45, 7) is 0. The summed E-state index contributed by atoms with van der Waals surface area (Å²) in [6.07, 6.45) is 14.2. The smallest absolute Gasteiger partial charge is 0.456 e. The zero-order valence-electron chi connectivity index (χ0n) is 37.9. The summed E-state index contributed by atoms with van der Waals surface area (Å²) < 4.78 is 17.8. The van der Waals surface area contributed by atoms with Crippen molar-refractivity contribution in [1.82, 2.24) is 0 Å². The summed E-state index contributed by atoms with van der Waals surface area (Å²) in [7, 11) is -2.65. The maximum Gasteiger partial charge on any atom is 1.00 e. The van der Waals surface area contributed by atoms with Gasteiger partial charge < -0.3 is 26.1 Å². The summed E-state index contributed by atoms with van der Waals surface area (Å²) in [5.41, 5.74) is 6.93. The predicted octanol–water partition coefficient (Wildman–Crippen LogP) is 13.6. The molecule has 0 saturated heterocycles. The Morgan fingerprint density at radius 3 is 0.901 bits per heavy atom. The first-order valence-electron chi connectivity index (χ1n) is 22.7. The molecule has 71 heavy (non-hydrogen) atoms. The Hall–Kier alpha value is -6.94. The van der Waals surface area contributed by atoms with Crippen molar-refractivity contribution in [3.05, 3.63) is 267 Å². The van der Waals surface area contributed by atoms with Gasteiger partial charge in [-0.2, -0.15) is 0 Å². The van der Waals surface area contributed by atoms with Gasteiger partial charge >= 0.3 is 44.8 Å². The van der Waals surface area contributed by atoms with Crippen LogP contribution in [-0.2, 0) is 44.8 Å². The average Bonchev–Trinajstić information content (AvgIpc) is 4.11. The van der Waals surface area contributed by atoms with E-state index in [1.54, 1.807) is 0 Å². The quantitative estimate of drug-likeness (QED) is 0.0721. The van der Waals surface area contributed by atoms with Crippen molar-refractivity contribution in [2.75, 3.05) is 0 Å². The third kappa shape index (κ3) is 10.2. The molecule has 0 amide bonds. The van der Waals surface area contributed by atoms with E-state index < -0.39 is 15.8 Å². The van der Waals surface area contributed by atoms with Crippen LogP contribution in [0.5, 0.6) is 0 Å². The molecule has 0 aliphatic rings. The molecule has 7 heteroatoms. The summed E-state index contributed by atoms with van der Waals surface area (Å²) in [4.78, 5) is 0. The fourth-order valence-corrected chi connectivity index (χ4v) is 15.2. The Balaban J connectivity index is 0.000000159. The predicted molar refractivity (Wildman–Crippen MR) is 294 cm³/mol. The second kappa shape index (κ2) is 22.4. The third-order valence-electron chi connectivity index (χ3n) is 12.3. The summed E-state index contributed by atoms with van der Waals surface area (Å²) in [5.74, 6) is 4.76. The molecule has 0 spiro atoms. The number of fused-ring (bicyclic) bond motifs is 9. The Kier molecular flexibility index (Phi) is 15.5. The molecule has 0 atom stereocenters. The number of hydrogen-bond acceptors (Lipinski definition) is 3. The van der Waals surface area contributed by atoms with E-state index in [1.165, 1.54) is 42.6 Å². The van der Waals surface area contributed by atoms with Crippen molar-refractivity contribution in [3.8, 4) is 11.8 Å². The Bertz CT molecular complexity index is 3800. The largest absolute Gasteiger partial charge is 1.00 e. The third-order valence-corrected chi connectivity index (χ3v) is 18.1. The van der Waals surface area contributed by atoms with Crippen LogP contribution in [0.1, 0.15) is 11.1 Å². The van der Waals surface area contributed by atoms with Gasteiger partial charge in [0.15, 0.2) is 0 Å². The molecule has 3 aromatic heterocycles. The van der Waals surface area contributed by atoms with Crippen LogP contribution >= 0.6 is 15.8 Å². The maximum absolute atomic E-state index is 7.10. The van der Waals surface area contributed by atoms with Crippen LogP contribution in [0.2, 0.25) is 0 Å². The first kappa shape index (κ1) is 49.1. The minimum atomic E-state index is -1.33. The van der Waals surface area contributed by atoms with E-state index in [0.717, 1.165) is 66.2 Å². The van der Waals surface area contributed by atoms with Crippen molar-refractivity contribution in [2.45, 2.75) is 0 Å². The fraction of sp³-hybridized carbons (Fsp3) is 0. The number of rotatable bonds is 6. The van der Waals surface area contributed by atoms with Crippen LogP contribution < -0.4 is 31.8 Å². The molecule has 0 N–H and O–H groups in total. The first-order chi connectivity index (χ1) is 34.1. The van der Waals surface area contributed by atoms with Crippen molar-refractivity contribution in [2.24, 2.45) is 0 Å². The normalized spacial score (nSPS) is 10.8. The zero-order chi connectivity index (χ0) is 46.5. The second-order valence-electron chi connectivity index (χ2n) is 16.6. The standard InChI is InChI=1S/C36H26OP2.2C14H7O.2Au/c1-5-15-27(16-6-1)38(28-17-7-2-8-18-28)35-25-32-31-23-13-14-24-33(31)37-34(32)26-36(35)39(29-19-9-3-10-20-29)30-21-11-4-12-22-30;2*1-2-10-7-8-14-12(9-10)11-5-3-4-6-13(11)15-14;;/h1-26H;2*3-9H;;/q;2*-1;2*+1/p+2. The van der Waals surface area contributed by atoms with Gasteiger partial charge in [0.2, 0.25) is 0 Å². The minimum absolute atomic E-state index is 0. The van der Waals surface area contributed by atoms with E-state index in [4.69, 9.17) is 26.1 Å². The van der Waals surface area contributed by atoms with Crippen LogP contribution in [0, 0.1) is 24.7 Å². The molecule has 10 aromatic carbocycles. The number of furan rings is 3. The Labute approximate surface area is 446 Å². The molecule has 3 nitrogen and oxygen atoms in total. The molecule has 0 bridgehead atoms. The van der Waals surface area contributed by atoms with Crippen LogP contribution in [0.4, 0.5) is 0 Å². The van der Waals surface area contributed by atoms with Crippen molar-refractivity contribution in [3.63, 3.8) is 0 Å². The van der Waals surface area contributed by atoms with Crippen molar-refractivity contribution < 1.29 is 58.0 Å². The number of benzene rings is 10. The molecule has 346 valence electrons. The average molecular weight is 1310 g/mol. The molecule has 3 heterocycles. The molecular weight excluding hydrogens is 1270 g/mol. The molecule has 0 aliphatic carbocycles. The molecule has 0 aliphatic heterocycles. The molecule has 0 radical (unpaired) electrons. The summed E-state index contributed by atoms with van der Waals surface area (Å²) in [6, 6.07) is 84.6. The SMILES string of the molecule is [Au+].[Au+].[C-]#Cc1ccc2oc3ccccc3c2c1.[C-]#Cc1ccc2oc3ccccc3c2c1.c1ccc([PH+](c2ccccc2)c2cc3oc4ccccc4c3cc2[PH+](c2ccccc2)c2ccccc2)cc1. The fourth-order valence-electron chi connectivity index (χ4n) is 9.17. The number of para-hydroxylation sites is 3. The van der Waals surface area contributed by atoms with Crippen LogP contribution in [0.15, 0.2) is 256 Å². The van der Waals surface area contributed by atoms with Crippen LogP contribution in [0.25, 0.3) is 65.8 Å². The molecule has 0 fully saturated rings. The van der Waals surface area contributed by atoms with E-state index in [9.17, 15) is 0 Å². The number of hydrogen-bond donors (Lipinski definition) is 0. The van der Waals surface area contributed by atoms with E-state index in [1.807, 2.05) is 84.9 Å². The zero-order valence-corrected chi connectivity index (χ0v) is 44.3. The summed E-state index contributed by atoms with van der Waals surface area (Å²) in [5, 5.41) is 15.0. The van der Waals surface area contributed by atoms with E-state index in [2.05, 4.69) is 170 Å². The van der Waals surface area contributed by atoms with Gasteiger partial charge in [-0.1, -0.05) is 127 Å². The van der Waals surface area contributed by atoms with E-state index in [0.29, 0.717) is 0 Å². The van der Waals surface area contributed by atoms with Crippen molar-refractivity contribution >= 4 is 113 Å². The van der Waals surface area contributed by atoms with Gasteiger partial charge in [-0.15, -0.1) is 35.4 Å². The maximum atomic E-state index is 7.10. The molecule has 13 rings (SSSR count). The molecule has 0 saturated carbocycles. The van der Waals surface area contributed by atoms with Crippen molar-refractivity contribution in [1.29, 1.82) is 0 Å². The van der Waals surface area contributed by atoms with E-state index >= 15 is 0 Å². The molecule has 13 aromatic rings. The van der Waals surface area contributed by atoms with Gasteiger partial charge in [0.25, 0.3) is 0 Å². The van der Waals surface area contributed by atoms with Gasteiger partial charge in [0, 0.05) is 38.4 Å². The molecular formula is C64H42Au2O3P2+2. The van der Waals surface area contributed by atoms with Gasteiger partial charge in [0.1, 0.15) is 81.2 Å². The van der Waals surface area contributed by atoms with Gasteiger partial charge in [-0.05, 0) is 84.9 Å². The Morgan fingerprint density at radius 2 is 0.549 bits per heavy atom. The van der Waals surface area contributed by atoms with Crippen LogP contribution in [-0.4, -0.2) is 0 Å². The van der Waals surface area contributed by atoms with Gasteiger partial charge in [-0.25, -0.2) is 0 Å². The van der Waals surface area contributed by atoms with E-state index in [-0.39, 0.29) is 44.8 Å². The van der Waals surface area contributed by atoms with Gasteiger partial charge in [0.05, 0.1) is 0 Å². The minimum Gasteiger partial charge on any atom is -0.456 e. The monoisotopic (exact) mass is 1310 g/mol. The Morgan fingerprint density at radius 1 is 0.268 bits per heavy atom. The topological polar surface area (TPSA) is 39.4 Å². The first-order valence-corrected chi connectivity index (χ1v) is 25.7. The second-order valence-corrected chi connectivity index (χ2v) is 21.5. The van der Waals surface area contributed by atoms with Gasteiger partial charge in [-0.3, -0.25) is 11.8 Å². The summed E-state index contributed by atoms with van der Waals surface area (Å²) >= 11 is 0. The molecule has 0 unspecified atom stereocenters. The van der Waals surface area contributed by atoms with Crippen LogP contribution in [0.3, 0.4) is 0 Å².